The van der Waals surface area contributed by atoms with Crippen LogP contribution in [0.2, 0.25) is 0 Å². The third kappa shape index (κ3) is 3.06. The minimum Gasteiger partial charge on any atom is -0.496 e. The normalized spacial score (nSPS) is 29.5. The van der Waals surface area contributed by atoms with Crippen molar-refractivity contribution in [3.63, 3.8) is 0 Å². The maximum absolute atomic E-state index is 6.08. The summed E-state index contributed by atoms with van der Waals surface area (Å²) in [6.07, 6.45) is 11.1. The van der Waals surface area contributed by atoms with E-state index in [1.165, 1.54) is 56.7 Å². The molecule has 2 heteroatoms. The van der Waals surface area contributed by atoms with Crippen LogP contribution in [0, 0.1) is 17.7 Å². The maximum atomic E-state index is 6.08. The number of hydrogen-bond donors (Lipinski definition) is 1. The summed E-state index contributed by atoms with van der Waals surface area (Å²) in [7, 11) is 1.76. The van der Waals surface area contributed by atoms with Gasteiger partial charge >= 0.3 is 0 Å². The molecular weight excluding hydrogens is 270 g/mol. The molecule has 0 atom stereocenters. The molecule has 2 bridgehead atoms. The minimum absolute atomic E-state index is 0.480. The van der Waals surface area contributed by atoms with E-state index in [1.807, 2.05) is 0 Å². The van der Waals surface area contributed by atoms with Crippen LogP contribution in [0.4, 0.5) is 0 Å². The highest BCUT2D eigenvalue weighted by Gasteiger charge is 2.48. The Morgan fingerprint density at radius 1 is 1.14 bits per heavy atom. The Hall–Kier alpha value is -1.31. The van der Waals surface area contributed by atoms with Crippen LogP contribution in [0.3, 0.4) is 0 Å². The molecule has 0 aromatic heterocycles. The standard InChI is InChI=1S/C18H26O.C2H5N/c1-4-17-7-10-18(11-8-17,12-9-17)15-5-6-16(19-3)14(2)13-15;1-2-3/h5-6,13H,4,7-12H2,1-3H3;2-3H,1H3. The van der Waals surface area contributed by atoms with Crippen LogP contribution in [0.15, 0.2) is 18.2 Å². The Bertz CT molecular complexity index is 496. The van der Waals surface area contributed by atoms with Crippen molar-refractivity contribution < 1.29 is 4.74 Å². The van der Waals surface area contributed by atoms with E-state index in [0.29, 0.717) is 10.8 Å². The fraction of sp³-hybridized carbons (Fsp3) is 0.650. The van der Waals surface area contributed by atoms with Gasteiger partial charge in [0.15, 0.2) is 0 Å². The molecule has 0 saturated heterocycles. The van der Waals surface area contributed by atoms with Crippen molar-refractivity contribution in [2.24, 2.45) is 5.41 Å². The summed E-state index contributed by atoms with van der Waals surface area (Å²) >= 11 is 0. The Balaban J connectivity index is 0.000000545. The summed E-state index contributed by atoms with van der Waals surface area (Å²) in [5.74, 6) is 1.02. The van der Waals surface area contributed by atoms with E-state index in [4.69, 9.17) is 10.1 Å². The quantitative estimate of drug-likeness (QED) is 0.718. The first-order valence-electron chi connectivity index (χ1n) is 8.65. The highest BCUT2D eigenvalue weighted by atomic mass is 16.5. The average Bonchev–Trinajstić information content (AvgIpc) is 2.57. The van der Waals surface area contributed by atoms with Gasteiger partial charge in [-0.05, 0) is 86.6 Å². The zero-order valence-corrected chi connectivity index (χ0v) is 14.7. The molecular formula is C20H31NO. The predicted octanol–water partition coefficient (Wildman–Crippen LogP) is 5.66. The van der Waals surface area contributed by atoms with Crippen LogP contribution >= 0.6 is 0 Å². The predicted molar refractivity (Wildman–Crippen MR) is 94.3 cm³/mol. The Kier molecular flexibility index (Phi) is 5.31. The van der Waals surface area contributed by atoms with Gasteiger partial charge in [-0.1, -0.05) is 25.5 Å². The number of benzene rings is 1. The monoisotopic (exact) mass is 301 g/mol. The lowest BCUT2D eigenvalue weighted by molar-refractivity contribution is 0.0366. The fourth-order valence-corrected chi connectivity index (χ4v) is 4.43. The van der Waals surface area contributed by atoms with Crippen LogP contribution < -0.4 is 4.74 Å². The Morgan fingerprint density at radius 2 is 1.68 bits per heavy atom. The Morgan fingerprint density at radius 3 is 2.09 bits per heavy atom. The van der Waals surface area contributed by atoms with E-state index >= 15 is 0 Å². The first-order chi connectivity index (χ1) is 10.5. The second kappa shape index (κ2) is 6.85. The van der Waals surface area contributed by atoms with Gasteiger partial charge in [-0.3, -0.25) is 0 Å². The fourth-order valence-electron chi connectivity index (χ4n) is 4.43. The molecule has 3 aliphatic carbocycles. The Labute approximate surface area is 135 Å². The van der Waals surface area contributed by atoms with E-state index in [2.05, 4.69) is 32.0 Å². The summed E-state index contributed by atoms with van der Waals surface area (Å²) < 4.78 is 5.40. The highest BCUT2D eigenvalue weighted by molar-refractivity contribution is 5.48. The zero-order valence-electron chi connectivity index (χ0n) is 14.7. The second-order valence-corrected chi connectivity index (χ2v) is 7.11. The maximum Gasteiger partial charge on any atom is 0.121 e. The summed E-state index contributed by atoms with van der Waals surface area (Å²) in [6, 6.07) is 6.86. The molecule has 0 amide bonds. The third-order valence-electron chi connectivity index (χ3n) is 6.16. The molecule has 3 saturated carbocycles. The zero-order chi connectivity index (χ0) is 16.2. The largest absolute Gasteiger partial charge is 0.496 e. The number of methoxy groups -OCH3 is 1. The van der Waals surface area contributed by atoms with Gasteiger partial charge in [0.05, 0.1) is 7.11 Å². The first kappa shape index (κ1) is 17.1. The van der Waals surface area contributed by atoms with Crippen LogP contribution in [-0.4, -0.2) is 13.3 Å². The lowest BCUT2D eigenvalue weighted by atomic mass is 9.51. The van der Waals surface area contributed by atoms with Crippen molar-refractivity contribution >= 4 is 6.21 Å². The highest BCUT2D eigenvalue weighted by Crippen LogP contribution is 2.59. The third-order valence-corrected chi connectivity index (χ3v) is 6.16. The number of rotatable bonds is 3. The molecule has 22 heavy (non-hydrogen) atoms. The van der Waals surface area contributed by atoms with Gasteiger partial charge in [0.2, 0.25) is 0 Å². The van der Waals surface area contributed by atoms with Gasteiger partial charge in [0.1, 0.15) is 5.75 Å². The molecule has 0 unspecified atom stereocenters. The topological polar surface area (TPSA) is 33.1 Å². The van der Waals surface area contributed by atoms with E-state index < -0.39 is 0 Å². The van der Waals surface area contributed by atoms with E-state index in [9.17, 15) is 0 Å². The van der Waals surface area contributed by atoms with Gasteiger partial charge in [-0.2, -0.15) is 0 Å². The summed E-state index contributed by atoms with van der Waals surface area (Å²) in [5, 5.41) is 6.08. The van der Waals surface area contributed by atoms with Crippen LogP contribution in [0.25, 0.3) is 0 Å². The van der Waals surface area contributed by atoms with Crippen molar-refractivity contribution in [1.29, 1.82) is 5.41 Å². The second-order valence-electron chi connectivity index (χ2n) is 7.11. The number of ether oxygens (including phenoxy) is 1. The van der Waals surface area contributed by atoms with Gasteiger partial charge < -0.3 is 10.1 Å². The molecule has 0 radical (unpaired) electrons. The molecule has 0 aliphatic heterocycles. The van der Waals surface area contributed by atoms with Crippen LogP contribution in [0.1, 0.15) is 69.9 Å². The molecule has 0 heterocycles. The number of nitrogens with one attached hydrogen (secondary N) is 1. The van der Waals surface area contributed by atoms with Gasteiger partial charge in [0, 0.05) is 0 Å². The number of hydrogen-bond acceptors (Lipinski definition) is 2. The molecule has 0 spiro atoms. The SMILES string of the molecule is CC=N.CCC12CCC(c3ccc(OC)c(C)c3)(CC1)CC2. The van der Waals surface area contributed by atoms with Crippen LogP contribution in [-0.2, 0) is 5.41 Å². The molecule has 3 fully saturated rings. The van der Waals surface area contributed by atoms with E-state index in [-0.39, 0.29) is 0 Å². The molecule has 1 aromatic rings. The van der Waals surface area contributed by atoms with Crippen molar-refractivity contribution in [3.05, 3.63) is 29.3 Å². The van der Waals surface area contributed by atoms with Gasteiger partial charge in [-0.25, -0.2) is 0 Å². The van der Waals surface area contributed by atoms with Crippen molar-refractivity contribution in [2.45, 2.75) is 71.1 Å². The van der Waals surface area contributed by atoms with Crippen molar-refractivity contribution in [2.75, 3.05) is 7.11 Å². The summed E-state index contributed by atoms with van der Waals surface area (Å²) in [4.78, 5) is 0. The molecule has 1 N–H and O–H groups in total. The van der Waals surface area contributed by atoms with E-state index in [1.54, 1.807) is 19.6 Å². The van der Waals surface area contributed by atoms with Crippen molar-refractivity contribution in [3.8, 4) is 5.75 Å². The molecule has 1 aromatic carbocycles. The van der Waals surface area contributed by atoms with E-state index in [0.717, 1.165) is 5.75 Å². The number of fused-ring (bicyclic) bond motifs is 3. The lowest BCUT2D eigenvalue weighted by Crippen LogP contribution is -2.43. The van der Waals surface area contributed by atoms with Crippen molar-refractivity contribution in [1.82, 2.24) is 0 Å². The molecule has 2 nitrogen and oxygen atoms in total. The first-order valence-corrected chi connectivity index (χ1v) is 8.65. The number of aryl methyl sites for hydroxylation is 1. The van der Waals surface area contributed by atoms with Gasteiger partial charge in [-0.15, -0.1) is 0 Å². The van der Waals surface area contributed by atoms with Gasteiger partial charge in [0.25, 0.3) is 0 Å². The lowest BCUT2D eigenvalue weighted by Gasteiger charge is -2.54. The summed E-state index contributed by atoms with van der Waals surface area (Å²) in [5.41, 5.74) is 4.03. The average molecular weight is 301 g/mol. The smallest absolute Gasteiger partial charge is 0.121 e. The molecule has 4 rings (SSSR count). The minimum atomic E-state index is 0.480. The summed E-state index contributed by atoms with van der Waals surface area (Å²) in [6.45, 7) is 6.22. The van der Waals surface area contributed by atoms with Crippen LogP contribution in [0.5, 0.6) is 5.75 Å². The molecule has 122 valence electrons. The molecule has 3 aliphatic rings.